The molecule has 1 rings (SSSR count). The van der Waals surface area contributed by atoms with Gasteiger partial charge >= 0.3 is 0 Å². The third-order valence-corrected chi connectivity index (χ3v) is 2.64. The molecular weight excluding hydrogens is 222 g/mol. The van der Waals surface area contributed by atoms with Gasteiger partial charge in [0.25, 0.3) is 0 Å². The van der Waals surface area contributed by atoms with E-state index in [2.05, 4.69) is 5.32 Å². The molecule has 0 fully saturated rings. The Morgan fingerprint density at radius 1 is 1.06 bits per heavy atom. The summed E-state index contributed by atoms with van der Waals surface area (Å²) in [5.41, 5.74) is 0.829. The normalized spacial score (nSPS) is 12.1. The number of rotatable bonds is 6. The Labute approximate surface area is 101 Å². The van der Waals surface area contributed by atoms with Crippen LogP contribution >= 0.6 is 0 Å². The molecule has 0 bridgehead atoms. The van der Waals surface area contributed by atoms with Crippen LogP contribution in [-0.4, -0.2) is 40.1 Å². The van der Waals surface area contributed by atoms with Crippen LogP contribution in [-0.2, 0) is 0 Å². The summed E-state index contributed by atoms with van der Waals surface area (Å²) in [6, 6.07) is 3.34. The molecule has 1 aromatic rings. The molecule has 5 nitrogen and oxygen atoms in total. The lowest BCUT2D eigenvalue weighted by Gasteiger charge is -2.19. The fourth-order valence-corrected chi connectivity index (χ4v) is 1.67. The van der Waals surface area contributed by atoms with Gasteiger partial charge in [-0.2, -0.15) is 0 Å². The molecule has 0 aliphatic rings. The number of aliphatic hydroxyl groups is 1. The van der Waals surface area contributed by atoms with Crippen molar-refractivity contribution in [2.24, 2.45) is 0 Å². The molecule has 2 N–H and O–H groups in total. The largest absolute Gasteiger partial charge is 0.496 e. The van der Waals surface area contributed by atoms with Gasteiger partial charge in [0.05, 0.1) is 34.0 Å². The summed E-state index contributed by atoms with van der Waals surface area (Å²) in [6.07, 6.45) is 0. The quantitative estimate of drug-likeness (QED) is 0.777. The van der Waals surface area contributed by atoms with Crippen LogP contribution in [0, 0.1) is 0 Å². The second-order valence-corrected chi connectivity index (χ2v) is 3.47. The Hall–Kier alpha value is -1.46. The maximum Gasteiger partial charge on any atom is 0.164 e. The minimum absolute atomic E-state index is 0.0255. The highest BCUT2D eigenvalue weighted by Crippen LogP contribution is 2.37. The third-order valence-electron chi connectivity index (χ3n) is 2.64. The molecule has 0 radical (unpaired) electrons. The van der Waals surface area contributed by atoms with Crippen LogP contribution in [0.5, 0.6) is 17.2 Å². The molecular formula is C12H19NO4. The van der Waals surface area contributed by atoms with Crippen molar-refractivity contribution < 1.29 is 19.3 Å². The lowest BCUT2D eigenvalue weighted by Crippen LogP contribution is -2.20. The van der Waals surface area contributed by atoms with Gasteiger partial charge < -0.3 is 24.6 Å². The molecule has 1 unspecified atom stereocenters. The number of ether oxygens (including phenoxy) is 3. The molecule has 0 aliphatic carbocycles. The first-order valence-electron chi connectivity index (χ1n) is 5.29. The highest BCUT2D eigenvalue weighted by molar-refractivity contribution is 5.51. The SMILES string of the molecule is CNC(CO)c1cc(OC)c(OC)cc1OC. The van der Waals surface area contributed by atoms with Gasteiger partial charge in [0.1, 0.15) is 5.75 Å². The van der Waals surface area contributed by atoms with Crippen LogP contribution in [0.25, 0.3) is 0 Å². The molecule has 0 amide bonds. The molecule has 96 valence electrons. The predicted octanol–water partition coefficient (Wildman–Crippen LogP) is 0.965. The number of nitrogens with one attached hydrogen (secondary N) is 1. The highest BCUT2D eigenvalue weighted by atomic mass is 16.5. The first-order chi connectivity index (χ1) is 8.21. The van der Waals surface area contributed by atoms with Gasteiger partial charge in [0.2, 0.25) is 0 Å². The van der Waals surface area contributed by atoms with Gasteiger partial charge in [0, 0.05) is 11.6 Å². The Kier molecular flexibility index (Phi) is 5.06. The zero-order valence-corrected chi connectivity index (χ0v) is 10.6. The summed E-state index contributed by atoms with van der Waals surface area (Å²) in [5, 5.41) is 12.3. The maximum atomic E-state index is 9.30. The van der Waals surface area contributed by atoms with E-state index < -0.39 is 0 Å². The van der Waals surface area contributed by atoms with E-state index in [0.29, 0.717) is 17.2 Å². The number of aliphatic hydroxyl groups excluding tert-OH is 1. The van der Waals surface area contributed by atoms with Gasteiger partial charge in [-0.15, -0.1) is 0 Å². The van der Waals surface area contributed by atoms with Crippen molar-refractivity contribution >= 4 is 0 Å². The van der Waals surface area contributed by atoms with E-state index in [-0.39, 0.29) is 12.6 Å². The number of hydrogen-bond donors (Lipinski definition) is 2. The molecule has 0 aromatic heterocycles. The highest BCUT2D eigenvalue weighted by Gasteiger charge is 2.17. The summed E-state index contributed by atoms with van der Waals surface area (Å²) in [6.45, 7) is -0.0255. The van der Waals surface area contributed by atoms with Gasteiger partial charge in [-0.3, -0.25) is 0 Å². The fraction of sp³-hybridized carbons (Fsp3) is 0.500. The van der Waals surface area contributed by atoms with Crippen molar-refractivity contribution in [3.8, 4) is 17.2 Å². The zero-order valence-electron chi connectivity index (χ0n) is 10.6. The first kappa shape index (κ1) is 13.6. The van der Waals surface area contributed by atoms with Crippen LogP contribution in [0.4, 0.5) is 0 Å². The van der Waals surface area contributed by atoms with E-state index in [4.69, 9.17) is 14.2 Å². The lowest BCUT2D eigenvalue weighted by molar-refractivity contribution is 0.246. The topological polar surface area (TPSA) is 60.0 Å². The van der Waals surface area contributed by atoms with Crippen LogP contribution in [0.3, 0.4) is 0 Å². The van der Waals surface area contributed by atoms with E-state index in [1.165, 1.54) is 0 Å². The van der Waals surface area contributed by atoms with Crippen LogP contribution in [0.2, 0.25) is 0 Å². The van der Waals surface area contributed by atoms with Crippen molar-refractivity contribution in [1.29, 1.82) is 0 Å². The Bertz CT molecular complexity index is 364. The molecule has 1 aromatic carbocycles. The lowest BCUT2D eigenvalue weighted by atomic mass is 10.1. The molecule has 5 heteroatoms. The van der Waals surface area contributed by atoms with Gasteiger partial charge in [-0.05, 0) is 13.1 Å². The van der Waals surface area contributed by atoms with Gasteiger partial charge in [-0.1, -0.05) is 0 Å². The molecule has 0 spiro atoms. The number of benzene rings is 1. The second-order valence-electron chi connectivity index (χ2n) is 3.47. The molecule has 0 aliphatic heterocycles. The number of likely N-dealkylation sites (N-methyl/N-ethyl adjacent to an activating group) is 1. The number of hydrogen-bond acceptors (Lipinski definition) is 5. The first-order valence-corrected chi connectivity index (χ1v) is 5.29. The van der Waals surface area contributed by atoms with Crippen molar-refractivity contribution in [1.82, 2.24) is 5.32 Å². The second kappa shape index (κ2) is 6.32. The standard InChI is InChI=1S/C12H19NO4/c1-13-9(7-14)8-5-11(16-3)12(17-4)6-10(8)15-2/h5-6,9,13-14H,7H2,1-4H3. The maximum absolute atomic E-state index is 9.30. The molecule has 17 heavy (non-hydrogen) atoms. The summed E-state index contributed by atoms with van der Waals surface area (Å²) in [4.78, 5) is 0. The van der Waals surface area contributed by atoms with E-state index in [1.54, 1.807) is 40.5 Å². The monoisotopic (exact) mass is 241 g/mol. The molecule has 1 atom stereocenters. The summed E-state index contributed by atoms with van der Waals surface area (Å²) in [5.74, 6) is 1.86. The summed E-state index contributed by atoms with van der Waals surface area (Å²) >= 11 is 0. The summed E-state index contributed by atoms with van der Waals surface area (Å²) < 4.78 is 15.7. The van der Waals surface area contributed by atoms with Crippen LogP contribution in [0.1, 0.15) is 11.6 Å². The smallest absolute Gasteiger partial charge is 0.164 e. The summed E-state index contributed by atoms with van der Waals surface area (Å²) in [7, 11) is 6.49. The van der Waals surface area contributed by atoms with Crippen molar-refractivity contribution in [3.63, 3.8) is 0 Å². The molecule has 0 heterocycles. The van der Waals surface area contributed by atoms with E-state index in [9.17, 15) is 5.11 Å². The van der Waals surface area contributed by atoms with Gasteiger partial charge in [-0.25, -0.2) is 0 Å². The Balaban J connectivity index is 3.27. The molecule has 0 saturated carbocycles. The van der Waals surface area contributed by atoms with E-state index >= 15 is 0 Å². The number of methoxy groups -OCH3 is 3. The van der Waals surface area contributed by atoms with Crippen molar-refractivity contribution in [2.75, 3.05) is 35.0 Å². The van der Waals surface area contributed by atoms with Crippen molar-refractivity contribution in [3.05, 3.63) is 17.7 Å². The fourth-order valence-electron chi connectivity index (χ4n) is 1.67. The average molecular weight is 241 g/mol. The van der Waals surface area contributed by atoms with Crippen molar-refractivity contribution in [2.45, 2.75) is 6.04 Å². The average Bonchev–Trinajstić information content (AvgIpc) is 2.39. The minimum atomic E-state index is -0.204. The van der Waals surface area contributed by atoms with Crippen LogP contribution in [0.15, 0.2) is 12.1 Å². The van der Waals surface area contributed by atoms with Gasteiger partial charge in [0.15, 0.2) is 11.5 Å². The Morgan fingerprint density at radius 2 is 1.59 bits per heavy atom. The molecule has 0 saturated heterocycles. The van der Waals surface area contributed by atoms with Crippen LogP contribution < -0.4 is 19.5 Å². The van der Waals surface area contributed by atoms with E-state index in [0.717, 1.165) is 5.56 Å². The van der Waals surface area contributed by atoms with E-state index in [1.807, 2.05) is 0 Å². The third kappa shape index (κ3) is 2.81. The predicted molar refractivity (Wildman–Crippen MR) is 65.0 cm³/mol. The zero-order chi connectivity index (χ0) is 12.8. The Morgan fingerprint density at radius 3 is 2.00 bits per heavy atom. The minimum Gasteiger partial charge on any atom is -0.496 e.